The van der Waals surface area contributed by atoms with E-state index in [0.29, 0.717) is 0 Å². The normalized spacial score (nSPS) is 13.6. The fraction of sp³-hybridized carbons (Fsp3) is 0.452. The molecule has 0 saturated heterocycles. The van der Waals surface area contributed by atoms with Crippen molar-refractivity contribution < 1.29 is 33.4 Å². The lowest BCUT2D eigenvalue weighted by atomic mass is 9.84. The molecule has 0 spiro atoms. The van der Waals surface area contributed by atoms with Gasteiger partial charge in [0, 0.05) is 12.2 Å². The average Bonchev–Trinajstić information content (AvgIpc) is 3.11. The summed E-state index contributed by atoms with van der Waals surface area (Å²) in [6, 6.07) is 26.6. The number of benzene rings is 3. The zero-order valence-corrected chi connectivity index (χ0v) is 33.5. The van der Waals surface area contributed by atoms with Crippen molar-refractivity contribution in [3.05, 3.63) is 108 Å². The Balaban J connectivity index is 1.89. The van der Waals surface area contributed by atoms with Crippen LogP contribution in [-0.4, -0.2) is 71.3 Å². The molecule has 3 atom stereocenters. The molecule has 3 rings (SSSR count). The highest BCUT2D eigenvalue weighted by Crippen LogP contribution is 2.48. The molecular weight excluding hydrogens is 705 g/mol. The second-order valence-electron chi connectivity index (χ2n) is 15.4. The molecule has 0 aromatic heterocycles. The molecule has 0 aliphatic carbocycles. The van der Waals surface area contributed by atoms with Gasteiger partial charge >= 0.3 is 11.9 Å². The monoisotopic (exact) mass is 760 g/mol. The van der Waals surface area contributed by atoms with Crippen LogP contribution in [0.1, 0.15) is 84.9 Å². The Morgan fingerprint density at radius 3 is 1.56 bits per heavy atom. The van der Waals surface area contributed by atoms with Crippen LogP contribution in [-0.2, 0) is 38.2 Å². The number of hydrogen-bond acceptors (Lipinski definition) is 9. The number of hydrogen-bond donors (Lipinski definition) is 4. The van der Waals surface area contributed by atoms with Crippen molar-refractivity contribution in [1.82, 2.24) is 16.0 Å². The first-order chi connectivity index (χ1) is 25.3. The van der Waals surface area contributed by atoms with Crippen LogP contribution in [0, 0.1) is 5.92 Å². The van der Waals surface area contributed by atoms with Gasteiger partial charge in [-0.25, -0.2) is 4.79 Å². The van der Waals surface area contributed by atoms with E-state index in [4.69, 9.17) is 15.2 Å². The van der Waals surface area contributed by atoms with Crippen molar-refractivity contribution in [1.29, 1.82) is 0 Å². The molecule has 0 bridgehead atoms. The van der Waals surface area contributed by atoms with Gasteiger partial charge in [0.25, 0.3) is 0 Å². The number of ether oxygens (including phenoxy) is 2. The fourth-order valence-corrected chi connectivity index (χ4v) is 7.10. The Labute approximate surface area is 323 Å². The highest BCUT2D eigenvalue weighted by molar-refractivity contribution is 8.00. The highest BCUT2D eigenvalue weighted by Gasteiger charge is 2.39. The minimum absolute atomic E-state index is 0.0769. The topological polar surface area (TPSA) is 166 Å². The summed E-state index contributed by atoms with van der Waals surface area (Å²) in [5.74, 6) is -3.18. The summed E-state index contributed by atoms with van der Waals surface area (Å²) in [5, 5.41) is 8.07. The predicted molar refractivity (Wildman–Crippen MR) is 212 cm³/mol. The number of nitrogens with two attached hydrogens (primary N) is 1. The number of amides is 3. The molecule has 0 saturated carbocycles. The molecule has 3 aromatic rings. The summed E-state index contributed by atoms with van der Waals surface area (Å²) in [5.41, 5.74) is 7.53. The van der Waals surface area contributed by atoms with Gasteiger partial charge in [0.05, 0.1) is 17.3 Å². The zero-order valence-electron chi connectivity index (χ0n) is 32.6. The number of rotatable bonds is 17. The Bertz CT molecular complexity index is 1590. The molecule has 3 aromatic carbocycles. The van der Waals surface area contributed by atoms with E-state index in [1.165, 1.54) is 11.8 Å². The van der Waals surface area contributed by atoms with Crippen LogP contribution >= 0.6 is 11.8 Å². The minimum atomic E-state index is -1.18. The maximum Gasteiger partial charge on any atom is 0.329 e. The average molecular weight is 761 g/mol. The Hall–Kier alpha value is -4.68. The maximum atomic E-state index is 13.9. The van der Waals surface area contributed by atoms with E-state index >= 15 is 0 Å². The third-order valence-corrected chi connectivity index (χ3v) is 9.81. The van der Waals surface area contributed by atoms with Gasteiger partial charge in [-0.1, -0.05) is 105 Å². The van der Waals surface area contributed by atoms with Crippen LogP contribution in [0.5, 0.6) is 0 Å². The van der Waals surface area contributed by atoms with Crippen LogP contribution in [0.25, 0.3) is 0 Å². The lowest BCUT2D eigenvalue weighted by molar-refractivity contribution is -0.160. The summed E-state index contributed by atoms with van der Waals surface area (Å²) in [7, 11) is 0. The second kappa shape index (κ2) is 19.6. The predicted octanol–water partition coefficient (Wildman–Crippen LogP) is 5.24. The number of esters is 2. The van der Waals surface area contributed by atoms with Crippen LogP contribution in [0.4, 0.5) is 0 Å². The quantitative estimate of drug-likeness (QED) is 0.106. The maximum absolute atomic E-state index is 13.9. The molecule has 0 fully saturated rings. The van der Waals surface area contributed by atoms with E-state index in [-0.39, 0.29) is 24.5 Å². The molecule has 292 valence electrons. The van der Waals surface area contributed by atoms with Gasteiger partial charge < -0.3 is 31.2 Å². The van der Waals surface area contributed by atoms with E-state index in [1.807, 2.05) is 105 Å². The Kier molecular flexibility index (Phi) is 15.9. The van der Waals surface area contributed by atoms with E-state index in [1.54, 1.807) is 41.5 Å². The molecule has 0 radical (unpaired) electrons. The number of nitrogens with one attached hydrogen (secondary N) is 3. The Morgan fingerprint density at radius 2 is 1.13 bits per heavy atom. The third-order valence-electron chi connectivity index (χ3n) is 8.17. The summed E-state index contributed by atoms with van der Waals surface area (Å²) >= 11 is 1.47. The summed E-state index contributed by atoms with van der Waals surface area (Å²) in [6.07, 6.45) is -0.228. The first-order valence-corrected chi connectivity index (χ1v) is 19.2. The van der Waals surface area contributed by atoms with Crippen molar-refractivity contribution in [3.8, 4) is 0 Å². The second-order valence-corrected chi connectivity index (χ2v) is 16.7. The molecule has 0 aliphatic heterocycles. The summed E-state index contributed by atoms with van der Waals surface area (Å²) < 4.78 is 10.1. The molecular formula is C42H56N4O7S. The van der Waals surface area contributed by atoms with Crippen molar-refractivity contribution >= 4 is 41.4 Å². The molecule has 0 unspecified atom stereocenters. The minimum Gasteiger partial charge on any atom is -0.460 e. The van der Waals surface area contributed by atoms with Gasteiger partial charge in [0.1, 0.15) is 23.3 Å². The van der Waals surface area contributed by atoms with Crippen LogP contribution < -0.4 is 21.7 Å². The smallest absolute Gasteiger partial charge is 0.329 e. The highest BCUT2D eigenvalue weighted by atomic mass is 32.2. The van der Waals surface area contributed by atoms with Crippen molar-refractivity contribution in [2.45, 2.75) is 102 Å². The molecule has 12 heteroatoms. The van der Waals surface area contributed by atoms with Crippen LogP contribution in [0.3, 0.4) is 0 Å². The first-order valence-electron chi connectivity index (χ1n) is 18.2. The summed E-state index contributed by atoms with van der Waals surface area (Å²) in [4.78, 5) is 66.0. The largest absolute Gasteiger partial charge is 0.460 e. The SMILES string of the molecule is CC(C)[C@H](N)C(=O)N[C@@H](CSC(c1ccccc1)(c1ccccc1)c1ccccc1)C(=O)NCC(=O)N[C@@H](CCC(=O)OC(C)(C)C)C(=O)OC(C)(C)C. The van der Waals surface area contributed by atoms with E-state index < -0.39 is 70.3 Å². The fourth-order valence-electron chi connectivity index (χ4n) is 5.54. The molecule has 3 amide bonds. The van der Waals surface area contributed by atoms with E-state index in [0.717, 1.165) is 16.7 Å². The Morgan fingerprint density at radius 1 is 0.667 bits per heavy atom. The van der Waals surface area contributed by atoms with Crippen molar-refractivity contribution in [2.75, 3.05) is 12.3 Å². The van der Waals surface area contributed by atoms with Gasteiger partial charge in [0.2, 0.25) is 17.7 Å². The van der Waals surface area contributed by atoms with Crippen LogP contribution in [0.15, 0.2) is 91.0 Å². The van der Waals surface area contributed by atoms with Crippen LogP contribution in [0.2, 0.25) is 0 Å². The summed E-state index contributed by atoms with van der Waals surface area (Å²) in [6.45, 7) is 13.4. The van der Waals surface area contributed by atoms with Gasteiger partial charge in [0.15, 0.2) is 0 Å². The lowest BCUT2D eigenvalue weighted by Crippen LogP contribution is -2.55. The van der Waals surface area contributed by atoms with Gasteiger partial charge in [-0.15, -0.1) is 11.8 Å². The van der Waals surface area contributed by atoms with E-state index in [2.05, 4.69) is 16.0 Å². The third kappa shape index (κ3) is 13.3. The van der Waals surface area contributed by atoms with E-state index in [9.17, 15) is 24.0 Å². The van der Waals surface area contributed by atoms with Crippen molar-refractivity contribution in [2.24, 2.45) is 11.7 Å². The number of carbonyl (C=O) groups excluding carboxylic acids is 5. The van der Waals surface area contributed by atoms with Gasteiger partial charge in [-0.2, -0.15) is 0 Å². The number of carbonyl (C=O) groups is 5. The van der Waals surface area contributed by atoms with Gasteiger partial charge in [-0.3, -0.25) is 19.2 Å². The van der Waals surface area contributed by atoms with Gasteiger partial charge in [-0.05, 0) is 70.6 Å². The zero-order chi connectivity index (χ0) is 40.1. The molecule has 0 heterocycles. The molecule has 54 heavy (non-hydrogen) atoms. The number of thioether (sulfide) groups is 1. The standard InChI is InChI=1S/C42H56N4O7S/c1-28(2)36(43)38(50)46-33(27-54-42(29-18-12-9-13-19-29,30-20-14-10-15-21-30)31-22-16-11-17-23-31)37(49)44-26-34(47)45-32(39(51)53-41(6,7)8)24-25-35(48)52-40(3,4)5/h9-23,28,32-33,36H,24-27,43H2,1-8H3,(H,44,49)(H,45,47)(H,46,50)/t32-,33-,36-/m0/s1. The molecule has 5 N–H and O–H groups in total. The molecule has 0 aliphatic rings. The molecule has 11 nitrogen and oxygen atoms in total. The van der Waals surface area contributed by atoms with Crippen molar-refractivity contribution in [3.63, 3.8) is 0 Å². The first kappa shape index (κ1) is 43.7. The lowest BCUT2D eigenvalue weighted by Gasteiger charge is -2.36.